The third-order valence-corrected chi connectivity index (χ3v) is 4.08. The van der Waals surface area contributed by atoms with E-state index in [0.29, 0.717) is 6.07 Å². The first kappa shape index (κ1) is 15.5. The summed E-state index contributed by atoms with van der Waals surface area (Å²) in [5.74, 6) is -2.45. The van der Waals surface area contributed by atoms with Gasteiger partial charge in [0.1, 0.15) is 17.2 Å². The molecule has 0 atom stereocenters. The number of carbonyl (C=O) groups is 1. The molecule has 0 bridgehead atoms. The minimum absolute atomic E-state index is 0.0798. The van der Waals surface area contributed by atoms with Crippen molar-refractivity contribution < 1.29 is 35.9 Å². The molecule has 1 N–H and O–H groups in total. The Hall–Kier alpha value is -1.55. The van der Waals surface area contributed by atoms with Gasteiger partial charge < -0.3 is 9.52 Å². The third-order valence-electron chi connectivity index (χ3n) is 2.17. The molecule has 1 aromatic heterocycles. The van der Waals surface area contributed by atoms with E-state index in [9.17, 15) is 26.4 Å². The maximum atomic E-state index is 12.2. The molecule has 0 saturated carbocycles. The number of nitrogens with zero attached hydrogens (tertiary/aromatic N) is 1. The summed E-state index contributed by atoms with van der Waals surface area (Å²) in [5, 5.41) is 8.63. The summed E-state index contributed by atoms with van der Waals surface area (Å²) < 4.78 is 64.9. The largest absolute Gasteiger partial charge is 0.475 e. The number of sulfonamides is 1. The maximum absolute atomic E-state index is 12.2. The van der Waals surface area contributed by atoms with Gasteiger partial charge in [-0.05, 0) is 6.92 Å². The van der Waals surface area contributed by atoms with Crippen LogP contribution in [0.3, 0.4) is 0 Å². The zero-order valence-corrected chi connectivity index (χ0v) is 10.7. The highest BCUT2D eigenvalue weighted by Crippen LogP contribution is 2.25. The van der Waals surface area contributed by atoms with Crippen LogP contribution < -0.4 is 0 Å². The smallest absolute Gasteiger partial charge is 0.402 e. The zero-order valence-electron chi connectivity index (χ0n) is 9.85. The highest BCUT2D eigenvalue weighted by Gasteiger charge is 2.36. The van der Waals surface area contributed by atoms with Crippen LogP contribution in [0.1, 0.15) is 16.3 Å². The molecule has 10 heteroatoms. The van der Waals surface area contributed by atoms with E-state index in [1.807, 2.05) is 0 Å². The van der Waals surface area contributed by atoms with E-state index in [1.165, 1.54) is 0 Å². The van der Waals surface area contributed by atoms with Crippen molar-refractivity contribution in [3.8, 4) is 0 Å². The average molecular weight is 301 g/mol. The maximum Gasteiger partial charge on any atom is 0.402 e. The number of aromatic carboxylic acids is 1. The number of furan rings is 1. The van der Waals surface area contributed by atoms with E-state index in [1.54, 1.807) is 0 Å². The van der Waals surface area contributed by atoms with Gasteiger partial charge in [-0.2, -0.15) is 17.5 Å². The van der Waals surface area contributed by atoms with Crippen molar-refractivity contribution in [2.45, 2.75) is 18.0 Å². The lowest BCUT2D eigenvalue weighted by Crippen LogP contribution is -2.35. The van der Waals surface area contributed by atoms with Crippen molar-refractivity contribution in [2.24, 2.45) is 0 Å². The molecule has 0 aliphatic heterocycles. The van der Waals surface area contributed by atoms with Crippen LogP contribution in [0.2, 0.25) is 0 Å². The number of aryl methyl sites for hydroxylation is 1. The van der Waals surface area contributed by atoms with E-state index >= 15 is 0 Å². The summed E-state index contributed by atoms with van der Waals surface area (Å²) >= 11 is 0. The Bertz CT molecular complexity index is 589. The molecule has 0 unspecified atom stereocenters. The summed E-state index contributed by atoms with van der Waals surface area (Å²) in [6.07, 6.45) is -4.70. The van der Waals surface area contributed by atoms with E-state index in [-0.39, 0.29) is 10.1 Å². The number of rotatable bonds is 4. The van der Waals surface area contributed by atoms with Crippen molar-refractivity contribution in [3.63, 3.8) is 0 Å². The van der Waals surface area contributed by atoms with Crippen LogP contribution in [0, 0.1) is 6.92 Å². The fourth-order valence-electron chi connectivity index (χ4n) is 1.33. The van der Waals surface area contributed by atoms with Gasteiger partial charge in [-0.25, -0.2) is 13.2 Å². The van der Waals surface area contributed by atoms with Crippen LogP contribution >= 0.6 is 0 Å². The van der Waals surface area contributed by atoms with Crippen LogP contribution in [0.25, 0.3) is 0 Å². The zero-order chi connectivity index (χ0) is 15.0. The van der Waals surface area contributed by atoms with Gasteiger partial charge in [-0.1, -0.05) is 0 Å². The van der Waals surface area contributed by atoms with Crippen LogP contribution in [-0.4, -0.2) is 43.6 Å². The molecule has 0 spiro atoms. The lowest BCUT2D eigenvalue weighted by molar-refractivity contribution is -0.134. The van der Waals surface area contributed by atoms with Gasteiger partial charge in [0.25, 0.3) is 0 Å². The Labute approximate surface area is 106 Å². The summed E-state index contributed by atoms with van der Waals surface area (Å²) in [7, 11) is -3.71. The fourth-order valence-corrected chi connectivity index (χ4v) is 2.65. The number of hydrogen-bond donors (Lipinski definition) is 1. The van der Waals surface area contributed by atoms with E-state index in [2.05, 4.69) is 4.42 Å². The Morgan fingerprint density at radius 2 is 2.00 bits per heavy atom. The predicted octanol–water partition coefficient (Wildman–Crippen LogP) is 1.47. The highest BCUT2D eigenvalue weighted by atomic mass is 32.2. The average Bonchev–Trinajstić information content (AvgIpc) is 2.58. The minimum Gasteiger partial charge on any atom is -0.475 e. The first-order valence-electron chi connectivity index (χ1n) is 4.82. The second-order valence-corrected chi connectivity index (χ2v) is 5.73. The fraction of sp³-hybridized carbons (Fsp3) is 0.444. The van der Waals surface area contributed by atoms with E-state index < -0.39 is 39.4 Å². The number of alkyl halides is 3. The second-order valence-electron chi connectivity index (χ2n) is 3.71. The normalized spacial score (nSPS) is 12.9. The molecule has 0 aliphatic rings. The lowest BCUT2D eigenvalue weighted by Gasteiger charge is -2.18. The number of carboxylic acids is 1. The van der Waals surface area contributed by atoms with Gasteiger partial charge in [0.15, 0.2) is 0 Å². The van der Waals surface area contributed by atoms with Crippen molar-refractivity contribution in [2.75, 3.05) is 13.6 Å². The topological polar surface area (TPSA) is 87.8 Å². The predicted molar refractivity (Wildman–Crippen MR) is 56.3 cm³/mol. The molecule has 1 aromatic rings. The summed E-state index contributed by atoms with van der Waals surface area (Å²) in [5.41, 5.74) is 0. The Morgan fingerprint density at radius 3 is 2.37 bits per heavy atom. The molecule has 1 rings (SSSR count). The van der Waals surface area contributed by atoms with Gasteiger partial charge in [-0.15, -0.1) is 0 Å². The molecular weight excluding hydrogens is 291 g/mol. The molecule has 0 aromatic carbocycles. The molecular formula is C9H10F3NO5S. The van der Waals surface area contributed by atoms with Crippen LogP contribution in [0.15, 0.2) is 15.4 Å². The highest BCUT2D eigenvalue weighted by molar-refractivity contribution is 7.89. The third kappa shape index (κ3) is 3.47. The van der Waals surface area contributed by atoms with Crippen molar-refractivity contribution in [1.82, 2.24) is 4.31 Å². The molecule has 0 saturated heterocycles. The van der Waals surface area contributed by atoms with Gasteiger partial charge in [0, 0.05) is 13.1 Å². The second kappa shape index (κ2) is 4.85. The van der Waals surface area contributed by atoms with Gasteiger partial charge in [-0.3, -0.25) is 0 Å². The molecule has 0 amide bonds. The molecule has 0 aliphatic carbocycles. The number of carboxylic acid groups (broad SMARTS) is 1. The van der Waals surface area contributed by atoms with Gasteiger partial charge in [0.2, 0.25) is 15.8 Å². The quantitative estimate of drug-likeness (QED) is 0.909. The monoisotopic (exact) mass is 301 g/mol. The van der Waals surface area contributed by atoms with Gasteiger partial charge >= 0.3 is 12.1 Å². The van der Waals surface area contributed by atoms with E-state index in [4.69, 9.17) is 5.11 Å². The SMILES string of the molecule is Cc1oc(C(=O)O)cc1S(=O)(=O)N(C)CC(F)(F)F. The summed E-state index contributed by atoms with van der Waals surface area (Å²) in [4.78, 5) is 10.0. The molecule has 0 fully saturated rings. The first-order chi connectivity index (χ1) is 8.45. The summed E-state index contributed by atoms with van der Waals surface area (Å²) in [6, 6.07) is 0.680. The van der Waals surface area contributed by atoms with Crippen LogP contribution in [0.4, 0.5) is 13.2 Å². The van der Waals surface area contributed by atoms with Crippen LogP contribution in [0.5, 0.6) is 0 Å². The first-order valence-corrected chi connectivity index (χ1v) is 6.26. The number of hydrogen-bond acceptors (Lipinski definition) is 4. The molecule has 1 heterocycles. The standard InChI is InChI=1S/C9H10F3NO5S/c1-5-7(3-6(18-5)8(14)15)19(16,17)13(2)4-9(10,11)12/h3H,4H2,1-2H3,(H,14,15). The molecule has 108 valence electrons. The van der Waals surface area contributed by atoms with Crippen molar-refractivity contribution in [1.29, 1.82) is 0 Å². The molecule has 19 heavy (non-hydrogen) atoms. The Balaban J connectivity index is 3.17. The van der Waals surface area contributed by atoms with Crippen LogP contribution in [-0.2, 0) is 10.0 Å². The van der Waals surface area contributed by atoms with E-state index in [0.717, 1.165) is 14.0 Å². The Morgan fingerprint density at radius 1 is 1.47 bits per heavy atom. The molecule has 0 radical (unpaired) electrons. The minimum atomic E-state index is -4.70. The van der Waals surface area contributed by atoms with Crippen molar-refractivity contribution >= 4 is 16.0 Å². The Kier molecular flexibility index (Phi) is 3.96. The van der Waals surface area contributed by atoms with Crippen molar-refractivity contribution in [3.05, 3.63) is 17.6 Å². The number of halogens is 3. The summed E-state index contributed by atoms with van der Waals surface area (Å²) in [6.45, 7) is -0.525. The molecule has 6 nitrogen and oxygen atoms in total. The lowest BCUT2D eigenvalue weighted by atomic mass is 10.4. The van der Waals surface area contributed by atoms with Gasteiger partial charge in [0.05, 0.1) is 0 Å².